The van der Waals surface area contributed by atoms with Crippen LogP contribution in [0.3, 0.4) is 0 Å². The van der Waals surface area contributed by atoms with E-state index >= 15 is 0 Å². The summed E-state index contributed by atoms with van der Waals surface area (Å²) in [5.74, 6) is 0. The number of halogens is 2. The average molecular weight is 368 g/mol. The van der Waals surface area contributed by atoms with Crippen LogP contribution >= 0.6 is 11.6 Å². The van der Waals surface area contributed by atoms with Gasteiger partial charge >= 0.3 is 23.1 Å². The summed E-state index contributed by atoms with van der Waals surface area (Å²) < 4.78 is 0. The molecule has 0 aliphatic rings. The van der Waals surface area contributed by atoms with Crippen LogP contribution in [0.4, 0.5) is 0 Å². The van der Waals surface area contributed by atoms with Gasteiger partial charge in [-0.2, -0.15) is 30.3 Å². The van der Waals surface area contributed by atoms with Crippen LogP contribution in [-0.2, 0) is 0 Å². The van der Waals surface area contributed by atoms with Crippen molar-refractivity contribution >= 4 is 34.7 Å². The molecule has 0 aliphatic heterocycles. The fourth-order valence-corrected chi connectivity index (χ4v) is 2.36. The summed E-state index contributed by atoms with van der Waals surface area (Å²) in [6, 6.07) is 27.4. The summed E-state index contributed by atoms with van der Waals surface area (Å²) in [5.41, 5.74) is 4.54. The predicted molar refractivity (Wildman–Crippen MR) is 86.9 cm³/mol. The normalized spacial score (nSPS) is 9.38. The van der Waals surface area contributed by atoms with Crippen molar-refractivity contribution in [3.63, 3.8) is 0 Å². The summed E-state index contributed by atoms with van der Waals surface area (Å²) in [6.45, 7) is 0. The van der Waals surface area contributed by atoms with E-state index in [1.54, 1.807) is 0 Å². The molecular formula is C18H12BrClMg. The monoisotopic (exact) mass is 366 g/mol. The molecule has 0 aliphatic carbocycles. The maximum Gasteiger partial charge on any atom is 2.00 e. The van der Waals surface area contributed by atoms with Crippen LogP contribution in [-0.4, -0.2) is 23.1 Å². The van der Waals surface area contributed by atoms with Crippen LogP contribution in [0.5, 0.6) is 0 Å². The zero-order valence-electron chi connectivity index (χ0n) is 11.4. The second kappa shape index (κ2) is 8.59. The molecule has 0 heterocycles. The Labute approximate surface area is 157 Å². The maximum absolute atomic E-state index is 6.24. The van der Waals surface area contributed by atoms with Crippen molar-refractivity contribution in [1.29, 1.82) is 0 Å². The van der Waals surface area contributed by atoms with Gasteiger partial charge in [-0.1, -0.05) is 53.6 Å². The molecule has 3 aromatic carbocycles. The van der Waals surface area contributed by atoms with Crippen molar-refractivity contribution < 1.29 is 17.0 Å². The Morgan fingerprint density at radius 1 is 0.714 bits per heavy atom. The van der Waals surface area contributed by atoms with Crippen molar-refractivity contribution in [3.8, 4) is 22.3 Å². The van der Waals surface area contributed by atoms with E-state index in [1.165, 1.54) is 5.56 Å². The zero-order valence-corrected chi connectivity index (χ0v) is 15.1. The third kappa shape index (κ3) is 4.58. The van der Waals surface area contributed by atoms with Crippen molar-refractivity contribution in [2.45, 2.75) is 0 Å². The molecule has 0 spiro atoms. The number of hydrogen-bond donors (Lipinski definition) is 0. The molecule has 0 radical (unpaired) electrons. The molecular weight excluding hydrogens is 356 g/mol. The maximum atomic E-state index is 6.24. The first-order chi connectivity index (χ1) is 9.33. The van der Waals surface area contributed by atoms with Gasteiger partial charge in [0.05, 0.1) is 0 Å². The van der Waals surface area contributed by atoms with E-state index < -0.39 is 0 Å². The fraction of sp³-hybridized carbons (Fsp3) is 0. The van der Waals surface area contributed by atoms with Crippen LogP contribution < -0.4 is 17.0 Å². The molecule has 0 bridgehead atoms. The SMILES string of the molecule is Clc1cc(-c2c[c-]ccc2)cc(-c2ccccc2)c1.[Br-].[Mg+2]. The Bertz CT molecular complexity index is 626. The molecule has 0 aromatic heterocycles. The van der Waals surface area contributed by atoms with Gasteiger partial charge in [0.15, 0.2) is 0 Å². The van der Waals surface area contributed by atoms with E-state index in [4.69, 9.17) is 11.6 Å². The quantitative estimate of drug-likeness (QED) is 0.480. The van der Waals surface area contributed by atoms with Gasteiger partial charge in [0, 0.05) is 5.02 Å². The number of benzene rings is 3. The van der Waals surface area contributed by atoms with Gasteiger partial charge in [0.25, 0.3) is 0 Å². The van der Waals surface area contributed by atoms with Crippen LogP contribution in [0.15, 0.2) is 72.8 Å². The van der Waals surface area contributed by atoms with Gasteiger partial charge in [-0.3, -0.25) is 0 Å². The second-order valence-electron chi connectivity index (χ2n) is 4.39. The third-order valence-electron chi connectivity index (χ3n) is 3.05. The molecule has 3 aromatic rings. The van der Waals surface area contributed by atoms with E-state index in [-0.39, 0.29) is 40.0 Å². The van der Waals surface area contributed by atoms with Crippen molar-refractivity contribution in [2.75, 3.05) is 0 Å². The smallest absolute Gasteiger partial charge is 1.00 e. The van der Waals surface area contributed by atoms with Crippen molar-refractivity contribution in [3.05, 3.63) is 83.9 Å². The standard InChI is InChI=1S/C18H12Cl.BrH.Mg/c19-18-12-16(14-7-3-1-4-8-14)11-17(13-18)15-9-5-2-6-10-15;;/h1-5,7-13H;1H;/q-1;;+2/p-1. The second-order valence-corrected chi connectivity index (χ2v) is 4.82. The molecule has 100 valence electrons. The van der Waals surface area contributed by atoms with Gasteiger partial charge in [0.2, 0.25) is 0 Å². The van der Waals surface area contributed by atoms with Crippen LogP contribution in [0.2, 0.25) is 5.02 Å². The first kappa shape index (κ1) is 18.2. The van der Waals surface area contributed by atoms with E-state index in [0.717, 1.165) is 21.7 Å². The van der Waals surface area contributed by atoms with Gasteiger partial charge in [0.1, 0.15) is 0 Å². The summed E-state index contributed by atoms with van der Waals surface area (Å²) in [5, 5.41) is 0.750. The van der Waals surface area contributed by atoms with Gasteiger partial charge in [-0.25, -0.2) is 0 Å². The Morgan fingerprint density at radius 3 is 1.95 bits per heavy atom. The molecule has 0 unspecified atom stereocenters. The van der Waals surface area contributed by atoms with E-state index in [0.29, 0.717) is 0 Å². The summed E-state index contributed by atoms with van der Waals surface area (Å²) in [6.07, 6.45) is 0. The Kier molecular flexibility index (Phi) is 7.47. The molecule has 0 amide bonds. The van der Waals surface area contributed by atoms with Crippen molar-refractivity contribution in [1.82, 2.24) is 0 Å². The van der Waals surface area contributed by atoms with Gasteiger partial charge in [-0.05, 0) is 23.3 Å². The Balaban J connectivity index is 0.00000110. The zero-order chi connectivity index (χ0) is 13.1. The molecule has 0 atom stereocenters. The Morgan fingerprint density at radius 2 is 1.33 bits per heavy atom. The summed E-state index contributed by atoms with van der Waals surface area (Å²) >= 11 is 6.24. The van der Waals surface area contributed by atoms with Gasteiger partial charge < -0.3 is 17.0 Å². The molecule has 0 saturated heterocycles. The van der Waals surface area contributed by atoms with Crippen LogP contribution in [0, 0.1) is 6.07 Å². The molecule has 0 saturated carbocycles. The molecule has 0 N–H and O–H groups in total. The number of hydrogen-bond acceptors (Lipinski definition) is 0. The summed E-state index contributed by atoms with van der Waals surface area (Å²) in [4.78, 5) is 0. The number of rotatable bonds is 2. The van der Waals surface area contributed by atoms with E-state index in [1.807, 2.05) is 48.5 Å². The Hall–Kier alpha value is -0.804. The largest absolute Gasteiger partial charge is 2.00 e. The topological polar surface area (TPSA) is 0 Å². The van der Waals surface area contributed by atoms with E-state index in [9.17, 15) is 0 Å². The van der Waals surface area contributed by atoms with Crippen LogP contribution in [0.1, 0.15) is 0 Å². The minimum atomic E-state index is 0. The fourth-order valence-electron chi connectivity index (χ4n) is 2.13. The first-order valence-electron chi connectivity index (χ1n) is 6.15. The summed E-state index contributed by atoms with van der Waals surface area (Å²) in [7, 11) is 0. The van der Waals surface area contributed by atoms with Crippen molar-refractivity contribution in [2.24, 2.45) is 0 Å². The first-order valence-corrected chi connectivity index (χ1v) is 6.53. The molecule has 3 heteroatoms. The molecule has 0 fully saturated rings. The molecule has 3 rings (SSSR count). The van der Waals surface area contributed by atoms with E-state index in [2.05, 4.69) is 30.3 Å². The third-order valence-corrected chi connectivity index (χ3v) is 3.26. The minimum Gasteiger partial charge on any atom is -1.00 e. The van der Waals surface area contributed by atoms with Gasteiger partial charge in [-0.15, -0.1) is 5.56 Å². The predicted octanol–water partition coefficient (Wildman–Crippen LogP) is 2.10. The molecule has 0 nitrogen and oxygen atoms in total. The average Bonchev–Trinajstić information content (AvgIpc) is 2.48. The minimum absolute atomic E-state index is 0. The molecule has 21 heavy (non-hydrogen) atoms. The van der Waals surface area contributed by atoms with Crippen LogP contribution in [0.25, 0.3) is 22.3 Å².